The van der Waals surface area contributed by atoms with Crippen molar-refractivity contribution in [2.45, 2.75) is 32.7 Å². The Kier molecular flexibility index (Phi) is 6.01. The molecular weight excluding hydrogens is 254 g/mol. The van der Waals surface area contributed by atoms with E-state index in [0.717, 1.165) is 5.92 Å². The van der Waals surface area contributed by atoms with Crippen molar-refractivity contribution in [1.82, 2.24) is 4.90 Å². The maximum atomic E-state index is 3.89. The Balaban J connectivity index is 2.38. The van der Waals surface area contributed by atoms with Crippen LogP contribution in [0, 0.1) is 5.92 Å². The second-order valence-corrected chi connectivity index (χ2v) is 5.96. The van der Waals surface area contributed by atoms with Crippen LogP contribution in [0.4, 0.5) is 0 Å². The molecule has 0 radical (unpaired) electrons. The molecule has 0 aromatic heterocycles. The van der Waals surface area contributed by atoms with Gasteiger partial charge in [0.2, 0.25) is 0 Å². The average molecular weight is 281 g/mol. The third kappa shape index (κ3) is 4.18. The lowest BCUT2D eigenvalue weighted by atomic mass is 9.91. The minimum atomic E-state index is 0.336. The third-order valence-corrected chi connectivity index (χ3v) is 4.15. The molecule has 0 amide bonds. The Morgan fingerprint density at radius 1 is 1.33 bits per heavy atom. The summed E-state index contributed by atoms with van der Waals surface area (Å²) >= 11 is 0. The largest absolute Gasteiger partial charge is 0.292 e. The third-order valence-electron chi connectivity index (χ3n) is 4.15. The molecule has 0 bridgehead atoms. The molecule has 0 aliphatic carbocycles. The molecule has 1 heterocycles. The van der Waals surface area contributed by atoms with Crippen LogP contribution in [0.3, 0.4) is 0 Å². The molecule has 1 nitrogen and oxygen atoms in total. The Morgan fingerprint density at radius 2 is 2.10 bits per heavy atom. The van der Waals surface area contributed by atoms with E-state index in [4.69, 9.17) is 0 Å². The van der Waals surface area contributed by atoms with Crippen LogP contribution >= 0.6 is 0 Å². The first-order valence-electron chi connectivity index (χ1n) is 8.00. The molecule has 21 heavy (non-hydrogen) atoms. The number of hydrogen-bond donors (Lipinski definition) is 0. The highest BCUT2D eigenvalue weighted by Crippen LogP contribution is 2.33. The van der Waals surface area contributed by atoms with Crippen LogP contribution < -0.4 is 0 Å². The summed E-state index contributed by atoms with van der Waals surface area (Å²) in [5, 5.41) is 0. The molecule has 2 rings (SSSR count). The monoisotopic (exact) mass is 281 g/mol. The summed E-state index contributed by atoms with van der Waals surface area (Å²) in [5.41, 5.74) is 2.70. The normalized spacial score (nSPS) is 22.4. The predicted molar refractivity (Wildman–Crippen MR) is 92.2 cm³/mol. The Bertz CT molecular complexity index is 498. The van der Waals surface area contributed by atoms with Crippen LogP contribution in [0.1, 0.15) is 38.3 Å². The fourth-order valence-electron chi connectivity index (χ4n) is 3.28. The lowest BCUT2D eigenvalue weighted by Gasteiger charge is -2.38. The van der Waals surface area contributed by atoms with E-state index in [9.17, 15) is 0 Å². The van der Waals surface area contributed by atoms with Crippen LogP contribution in [-0.4, -0.2) is 18.0 Å². The summed E-state index contributed by atoms with van der Waals surface area (Å²) in [4.78, 5) is 2.62. The van der Waals surface area contributed by atoms with Crippen LogP contribution in [0.2, 0.25) is 0 Å². The predicted octanol–water partition coefficient (Wildman–Crippen LogP) is 5.15. The number of rotatable bonds is 5. The van der Waals surface area contributed by atoms with Crippen molar-refractivity contribution in [3.05, 3.63) is 72.4 Å². The Morgan fingerprint density at radius 3 is 2.71 bits per heavy atom. The summed E-state index contributed by atoms with van der Waals surface area (Å²) in [6.07, 6.45) is 11.0. The van der Waals surface area contributed by atoms with Crippen molar-refractivity contribution < 1.29 is 0 Å². The molecule has 112 valence electrons. The van der Waals surface area contributed by atoms with Crippen molar-refractivity contribution in [2.24, 2.45) is 5.92 Å². The lowest BCUT2D eigenvalue weighted by Crippen LogP contribution is -2.38. The molecule has 1 heteroatoms. The Labute approximate surface area is 129 Å². The maximum Gasteiger partial charge on any atom is 0.0601 e. The number of piperidine rings is 1. The average Bonchev–Trinajstić information content (AvgIpc) is 2.49. The van der Waals surface area contributed by atoms with Gasteiger partial charge in [-0.2, -0.15) is 0 Å². The zero-order valence-electron chi connectivity index (χ0n) is 13.3. The topological polar surface area (TPSA) is 3.24 Å². The van der Waals surface area contributed by atoms with Gasteiger partial charge in [0.05, 0.1) is 6.04 Å². The molecule has 1 aromatic carbocycles. The summed E-state index contributed by atoms with van der Waals surface area (Å²) < 4.78 is 0. The van der Waals surface area contributed by atoms with Crippen molar-refractivity contribution in [3.63, 3.8) is 0 Å². The highest BCUT2D eigenvalue weighted by atomic mass is 15.2. The van der Waals surface area contributed by atoms with Gasteiger partial charge in [0.25, 0.3) is 0 Å². The fraction of sp³-hybridized carbons (Fsp3) is 0.400. The van der Waals surface area contributed by atoms with Crippen molar-refractivity contribution >= 4 is 0 Å². The smallest absolute Gasteiger partial charge is 0.0601 e. The minimum Gasteiger partial charge on any atom is -0.292 e. The van der Waals surface area contributed by atoms with E-state index in [1.807, 2.05) is 6.08 Å². The molecule has 1 aromatic rings. The quantitative estimate of drug-likeness (QED) is 0.675. The number of nitrogens with zero attached hydrogens (tertiary/aromatic N) is 1. The first-order chi connectivity index (χ1) is 10.3. The van der Waals surface area contributed by atoms with E-state index in [2.05, 4.69) is 73.9 Å². The molecule has 2 unspecified atom stereocenters. The van der Waals surface area contributed by atoms with Crippen LogP contribution in [-0.2, 0) is 0 Å². The van der Waals surface area contributed by atoms with Crippen molar-refractivity contribution in [2.75, 3.05) is 13.1 Å². The number of likely N-dealkylation sites (tertiary alicyclic amines) is 1. The zero-order chi connectivity index (χ0) is 15.1. The maximum absolute atomic E-state index is 3.89. The van der Waals surface area contributed by atoms with Gasteiger partial charge < -0.3 is 0 Å². The molecular formula is C20H27N. The number of hydrogen-bond acceptors (Lipinski definition) is 1. The van der Waals surface area contributed by atoms with E-state index < -0.39 is 0 Å². The van der Waals surface area contributed by atoms with Gasteiger partial charge in [0.15, 0.2) is 0 Å². The Hall–Kier alpha value is -1.60. The first kappa shape index (κ1) is 15.8. The fourth-order valence-corrected chi connectivity index (χ4v) is 3.28. The summed E-state index contributed by atoms with van der Waals surface area (Å²) in [5.74, 6) is 0.778. The molecule has 1 fully saturated rings. The lowest BCUT2D eigenvalue weighted by molar-refractivity contribution is 0.149. The summed E-state index contributed by atoms with van der Waals surface area (Å²) in [7, 11) is 0. The second kappa shape index (κ2) is 7.99. The first-order valence-corrected chi connectivity index (χ1v) is 8.00. The second-order valence-electron chi connectivity index (χ2n) is 5.96. The van der Waals surface area contributed by atoms with Gasteiger partial charge in [0, 0.05) is 6.54 Å². The number of allylic oxidation sites excluding steroid dienone is 3. The molecule has 0 spiro atoms. The van der Waals surface area contributed by atoms with Crippen molar-refractivity contribution in [1.29, 1.82) is 0 Å². The van der Waals surface area contributed by atoms with Gasteiger partial charge in [-0.05, 0) is 43.4 Å². The van der Waals surface area contributed by atoms with Crippen LogP contribution in [0.5, 0.6) is 0 Å². The summed E-state index contributed by atoms with van der Waals surface area (Å²) in [6, 6.07) is 11.2. The van der Waals surface area contributed by atoms with Crippen molar-refractivity contribution in [3.8, 4) is 0 Å². The zero-order valence-corrected chi connectivity index (χ0v) is 13.3. The minimum absolute atomic E-state index is 0.336. The van der Waals surface area contributed by atoms with Gasteiger partial charge in [-0.15, -0.1) is 0 Å². The SMILES string of the molecule is C=C/C=C(\C=C/C)C(c1ccccc1)N1CCCC(C)C1. The van der Waals surface area contributed by atoms with Gasteiger partial charge in [-0.25, -0.2) is 0 Å². The van der Waals surface area contributed by atoms with Gasteiger partial charge >= 0.3 is 0 Å². The van der Waals surface area contributed by atoms with E-state index >= 15 is 0 Å². The molecule has 0 saturated carbocycles. The van der Waals surface area contributed by atoms with E-state index in [0.29, 0.717) is 6.04 Å². The van der Waals surface area contributed by atoms with E-state index in [-0.39, 0.29) is 0 Å². The summed E-state index contributed by atoms with van der Waals surface area (Å²) in [6.45, 7) is 10.7. The molecule has 1 aliphatic rings. The molecule has 2 atom stereocenters. The van der Waals surface area contributed by atoms with Crippen LogP contribution in [0.25, 0.3) is 0 Å². The standard InChI is InChI=1S/C20H27N/c1-4-10-18(11-5-2)20(19-13-7-6-8-14-19)21-15-9-12-17(3)16-21/h4-8,10-11,13-14,17,20H,1,9,12,15-16H2,2-3H3/b11-5-,18-10+. The van der Waals surface area contributed by atoms with Gasteiger partial charge in [-0.3, -0.25) is 4.90 Å². The number of benzene rings is 1. The van der Waals surface area contributed by atoms with E-state index in [1.165, 1.54) is 37.1 Å². The van der Waals surface area contributed by atoms with E-state index in [1.54, 1.807) is 0 Å². The molecule has 1 aliphatic heterocycles. The molecule has 1 saturated heterocycles. The van der Waals surface area contributed by atoms with Crippen LogP contribution in [0.15, 0.2) is 66.8 Å². The highest BCUT2D eigenvalue weighted by Gasteiger charge is 2.26. The van der Waals surface area contributed by atoms with Gasteiger partial charge in [0.1, 0.15) is 0 Å². The highest BCUT2D eigenvalue weighted by molar-refractivity contribution is 5.36. The van der Waals surface area contributed by atoms with Gasteiger partial charge in [-0.1, -0.05) is 68.1 Å². The molecule has 0 N–H and O–H groups in total.